The molecule has 0 amide bonds. The average Bonchev–Trinajstić information content (AvgIpc) is 2.34. The summed E-state index contributed by atoms with van der Waals surface area (Å²) in [6.45, 7) is 3.20. The van der Waals surface area contributed by atoms with Crippen LogP contribution in [0.1, 0.15) is 18.7 Å². The number of nitrogens with one attached hydrogen (secondary N) is 2. The van der Waals surface area contributed by atoms with E-state index in [0.29, 0.717) is 6.54 Å². The molecule has 1 unspecified atom stereocenters. The largest absolute Gasteiger partial charge is 0.494 e. The number of halogens is 1. The zero-order chi connectivity index (χ0) is 12.7. The summed E-state index contributed by atoms with van der Waals surface area (Å²) in [7, 11) is 1.43. The fourth-order valence-corrected chi connectivity index (χ4v) is 1.58. The Morgan fingerprint density at radius 1 is 1.41 bits per heavy atom. The molecule has 1 aromatic carbocycles. The number of hydrogen-bond donors (Lipinski definition) is 3. The van der Waals surface area contributed by atoms with Crippen LogP contribution in [-0.2, 0) is 0 Å². The average molecular weight is 242 g/mol. The van der Waals surface area contributed by atoms with Crippen molar-refractivity contribution in [3.63, 3.8) is 0 Å². The molecular weight excluding hydrogens is 223 g/mol. The Bertz CT molecular complexity index is 347. The first-order valence-corrected chi connectivity index (χ1v) is 5.64. The molecule has 5 heteroatoms. The predicted octanol–water partition coefficient (Wildman–Crippen LogP) is 1.02. The van der Waals surface area contributed by atoms with Crippen LogP contribution in [0.2, 0.25) is 0 Å². The first-order valence-electron chi connectivity index (χ1n) is 5.64. The molecule has 1 atom stereocenters. The lowest BCUT2D eigenvalue weighted by atomic mass is 10.1. The molecule has 0 radical (unpaired) electrons. The molecule has 0 bridgehead atoms. The molecule has 0 aliphatic carbocycles. The number of hydrogen-bond acceptors (Lipinski definition) is 4. The SMILES string of the molecule is CCNC(NCCO)c1ccc(OC)c(F)c1. The molecule has 17 heavy (non-hydrogen) atoms. The summed E-state index contributed by atoms with van der Waals surface area (Å²) in [5.41, 5.74) is 0.776. The van der Waals surface area contributed by atoms with E-state index in [1.807, 2.05) is 6.92 Å². The van der Waals surface area contributed by atoms with Crippen LogP contribution in [0.3, 0.4) is 0 Å². The van der Waals surface area contributed by atoms with Crippen LogP contribution >= 0.6 is 0 Å². The van der Waals surface area contributed by atoms with Gasteiger partial charge in [-0.2, -0.15) is 0 Å². The van der Waals surface area contributed by atoms with Crippen LogP contribution in [0, 0.1) is 5.82 Å². The molecule has 0 heterocycles. The maximum absolute atomic E-state index is 13.5. The summed E-state index contributed by atoms with van der Waals surface area (Å²) in [6, 6.07) is 4.81. The first-order chi connectivity index (χ1) is 8.22. The summed E-state index contributed by atoms with van der Waals surface area (Å²) < 4.78 is 18.4. The third-order valence-corrected chi connectivity index (χ3v) is 2.38. The zero-order valence-corrected chi connectivity index (χ0v) is 10.2. The number of methoxy groups -OCH3 is 1. The quantitative estimate of drug-likeness (QED) is 0.625. The van der Waals surface area contributed by atoms with Gasteiger partial charge in [0.25, 0.3) is 0 Å². The second-order valence-electron chi connectivity index (χ2n) is 3.56. The second-order valence-corrected chi connectivity index (χ2v) is 3.56. The van der Waals surface area contributed by atoms with Crippen LogP contribution in [0.5, 0.6) is 5.75 Å². The van der Waals surface area contributed by atoms with Crippen LogP contribution in [0.4, 0.5) is 4.39 Å². The van der Waals surface area contributed by atoms with Crippen molar-refractivity contribution in [3.8, 4) is 5.75 Å². The summed E-state index contributed by atoms with van der Waals surface area (Å²) in [6.07, 6.45) is -0.174. The van der Waals surface area contributed by atoms with Crippen molar-refractivity contribution in [1.82, 2.24) is 10.6 Å². The van der Waals surface area contributed by atoms with E-state index in [-0.39, 0.29) is 18.5 Å². The highest BCUT2D eigenvalue weighted by molar-refractivity contribution is 5.30. The predicted molar refractivity (Wildman–Crippen MR) is 64.5 cm³/mol. The molecule has 0 spiro atoms. The highest BCUT2D eigenvalue weighted by Gasteiger charge is 2.11. The summed E-state index contributed by atoms with van der Waals surface area (Å²) in [5.74, 6) is -0.162. The molecule has 0 fully saturated rings. The summed E-state index contributed by atoms with van der Waals surface area (Å²) >= 11 is 0. The van der Waals surface area contributed by atoms with Gasteiger partial charge < -0.3 is 9.84 Å². The van der Waals surface area contributed by atoms with Gasteiger partial charge in [-0.15, -0.1) is 0 Å². The minimum atomic E-state index is -0.390. The molecule has 1 rings (SSSR count). The maximum atomic E-state index is 13.5. The highest BCUT2D eigenvalue weighted by atomic mass is 19.1. The van der Waals surface area contributed by atoms with Gasteiger partial charge in [0.1, 0.15) is 0 Å². The van der Waals surface area contributed by atoms with Crippen molar-refractivity contribution in [3.05, 3.63) is 29.6 Å². The lowest BCUT2D eigenvalue weighted by Gasteiger charge is -2.20. The fourth-order valence-electron chi connectivity index (χ4n) is 1.58. The molecule has 0 aliphatic rings. The maximum Gasteiger partial charge on any atom is 0.165 e. The van der Waals surface area contributed by atoms with E-state index >= 15 is 0 Å². The normalized spacial score (nSPS) is 12.5. The van der Waals surface area contributed by atoms with Crippen molar-refractivity contribution in [1.29, 1.82) is 0 Å². The Balaban J connectivity index is 2.82. The monoisotopic (exact) mass is 242 g/mol. The standard InChI is InChI=1S/C12H19FN2O2/c1-3-14-12(15-6-7-16)9-4-5-11(17-2)10(13)8-9/h4-5,8,12,14-16H,3,6-7H2,1-2H3. The third kappa shape index (κ3) is 3.96. The number of rotatable bonds is 7. The van der Waals surface area contributed by atoms with Crippen LogP contribution < -0.4 is 15.4 Å². The number of ether oxygens (including phenoxy) is 1. The number of aliphatic hydroxyl groups is 1. The molecule has 0 aliphatic heterocycles. The molecule has 0 saturated carbocycles. The molecule has 4 nitrogen and oxygen atoms in total. The van der Waals surface area contributed by atoms with Gasteiger partial charge in [-0.1, -0.05) is 13.0 Å². The van der Waals surface area contributed by atoms with Crippen molar-refractivity contribution in [2.45, 2.75) is 13.1 Å². The van der Waals surface area contributed by atoms with Gasteiger partial charge in [0.05, 0.1) is 19.9 Å². The fraction of sp³-hybridized carbons (Fsp3) is 0.500. The van der Waals surface area contributed by atoms with E-state index in [9.17, 15) is 4.39 Å². The number of aliphatic hydroxyl groups excluding tert-OH is 1. The Morgan fingerprint density at radius 2 is 2.18 bits per heavy atom. The lowest BCUT2D eigenvalue weighted by molar-refractivity contribution is 0.278. The highest BCUT2D eigenvalue weighted by Crippen LogP contribution is 2.20. The van der Waals surface area contributed by atoms with Crippen LogP contribution in [0.25, 0.3) is 0 Å². The topological polar surface area (TPSA) is 53.5 Å². The van der Waals surface area contributed by atoms with Gasteiger partial charge in [-0.3, -0.25) is 10.6 Å². The lowest BCUT2D eigenvalue weighted by Crippen LogP contribution is -2.35. The van der Waals surface area contributed by atoms with E-state index in [0.717, 1.165) is 12.1 Å². The van der Waals surface area contributed by atoms with E-state index in [1.54, 1.807) is 12.1 Å². The Hall–Kier alpha value is -1.17. The van der Waals surface area contributed by atoms with Gasteiger partial charge in [-0.05, 0) is 24.2 Å². The number of benzene rings is 1. The van der Waals surface area contributed by atoms with E-state index in [4.69, 9.17) is 9.84 Å². The van der Waals surface area contributed by atoms with Gasteiger partial charge in [0.15, 0.2) is 11.6 Å². The minimum absolute atomic E-state index is 0.0422. The van der Waals surface area contributed by atoms with Crippen LogP contribution in [-0.4, -0.2) is 31.9 Å². The summed E-state index contributed by atoms with van der Waals surface area (Å²) in [5, 5.41) is 15.0. The van der Waals surface area contributed by atoms with Gasteiger partial charge >= 0.3 is 0 Å². The first kappa shape index (κ1) is 13.9. The second kappa shape index (κ2) is 7.21. The van der Waals surface area contributed by atoms with E-state index in [2.05, 4.69) is 10.6 Å². The zero-order valence-electron chi connectivity index (χ0n) is 10.2. The van der Waals surface area contributed by atoms with Gasteiger partial charge in [-0.25, -0.2) is 4.39 Å². The molecule has 96 valence electrons. The van der Waals surface area contributed by atoms with Crippen molar-refractivity contribution < 1.29 is 14.2 Å². The molecule has 0 aromatic heterocycles. The van der Waals surface area contributed by atoms with Gasteiger partial charge in [0.2, 0.25) is 0 Å². The molecule has 1 aromatic rings. The van der Waals surface area contributed by atoms with Crippen LogP contribution in [0.15, 0.2) is 18.2 Å². The Morgan fingerprint density at radius 3 is 2.71 bits per heavy atom. The van der Waals surface area contributed by atoms with Crippen molar-refractivity contribution in [2.75, 3.05) is 26.8 Å². The minimum Gasteiger partial charge on any atom is -0.494 e. The summed E-state index contributed by atoms with van der Waals surface area (Å²) in [4.78, 5) is 0. The molecule has 0 saturated heterocycles. The Kier molecular flexibility index (Phi) is 5.90. The molecule has 3 N–H and O–H groups in total. The smallest absolute Gasteiger partial charge is 0.165 e. The Labute approximate surface area is 101 Å². The third-order valence-electron chi connectivity index (χ3n) is 2.38. The van der Waals surface area contributed by atoms with Crippen molar-refractivity contribution >= 4 is 0 Å². The van der Waals surface area contributed by atoms with Crippen molar-refractivity contribution in [2.24, 2.45) is 0 Å². The molecular formula is C12H19FN2O2. The van der Waals surface area contributed by atoms with E-state index in [1.165, 1.54) is 13.2 Å². The van der Waals surface area contributed by atoms with E-state index < -0.39 is 5.82 Å². The van der Waals surface area contributed by atoms with Gasteiger partial charge in [0, 0.05) is 6.54 Å².